The SMILES string of the molecule is Cc1ccc(NCCCNC(=O)C2CCCCn3nnnc32)nc1.O=CO. The van der Waals surface area contributed by atoms with E-state index >= 15 is 0 Å². The summed E-state index contributed by atoms with van der Waals surface area (Å²) in [6.07, 6.45) is 5.48. The van der Waals surface area contributed by atoms with Gasteiger partial charge in [-0.1, -0.05) is 12.5 Å². The van der Waals surface area contributed by atoms with Gasteiger partial charge in [-0.15, -0.1) is 5.10 Å². The third kappa shape index (κ3) is 6.32. The largest absolute Gasteiger partial charge is 0.483 e. The van der Waals surface area contributed by atoms with Gasteiger partial charge in [0.1, 0.15) is 5.82 Å². The van der Waals surface area contributed by atoms with E-state index in [0.29, 0.717) is 12.4 Å². The Bertz CT molecular complexity index is 718. The zero-order valence-electron chi connectivity index (χ0n) is 15.3. The molecule has 3 N–H and O–H groups in total. The first-order valence-electron chi connectivity index (χ1n) is 8.94. The van der Waals surface area contributed by atoms with E-state index < -0.39 is 0 Å². The molecule has 2 aromatic rings. The van der Waals surface area contributed by atoms with Crippen LogP contribution < -0.4 is 10.6 Å². The molecule has 10 nitrogen and oxygen atoms in total. The molecule has 0 aliphatic carbocycles. The first-order chi connectivity index (χ1) is 13.2. The molecule has 1 amide bonds. The van der Waals surface area contributed by atoms with Crippen molar-refractivity contribution in [1.82, 2.24) is 30.5 Å². The fourth-order valence-electron chi connectivity index (χ4n) is 2.82. The Kier molecular flexibility index (Phi) is 8.14. The van der Waals surface area contributed by atoms with E-state index in [1.54, 1.807) is 4.68 Å². The van der Waals surface area contributed by atoms with Crippen LogP contribution in [-0.4, -0.2) is 55.8 Å². The number of amides is 1. The summed E-state index contributed by atoms with van der Waals surface area (Å²) >= 11 is 0. The van der Waals surface area contributed by atoms with Crippen molar-refractivity contribution in [3.05, 3.63) is 29.7 Å². The smallest absolute Gasteiger partial charge is 0.290 e. The number of anilines is 1. The van der Waals surface area contributed by atoms with Crippen LogP contribution in [0.15, 0.2) is 18.3 Å². The van der Waals surface area contributed by atoms with Crippen molar-refractivity contribution in [2.75, 3.05) is 18.4 Å². The molecule has 3 rings (SSSR count). The Labute approximate surface area is 157 Å². The van der Waals surface area contributed by atoms with Gasteiger partial charge in [-0.2, -0.15) is 0 Å². The van der Waals surface area contributed by atoms with Crippen molar-refractivity contribution in [2.24, 2.45) is 0 Å². The van der Waals surface area contributed by atoms with Crippen LogP contribution in [0.3, 0.4) is 0 Å². The number of nitrogens with zero attached hydrogens (tertiary/aromatic N) is 5. The third-order valence-electron chi connectivity index (χ3n) is 4.17. The van der Waals surface area contributed by atoms with Gasteiger partial charge in [0.05, 0.1) is 5.92 Å². The lowest BCUT2D eigenvalue weighted by atomic mass is 10.0. The lowest BCUT2D eigenvalue weighted by Gasteiger charge is -2.13. The molecule has 0 aromatic carbocycles. The molecule has 10 heteroatoms. The lowest BCUT2D eigenvalue weighted by molar-refractivity contribution is -0.123. The van der Waals surface area contributed by atoms with Gasteiger partial charge in [0.2, 0.25) is 5.91 Å². The van der Waals surface area contributed by atoms with Crippen molar-refractivity contribution in [3.8, 4) is 0 Å². The predicted octanol–water partition coefficient (Wildman–Crippen LogP) is 0.963. The van der Waals surface area contributed by atoms with Crippen LogP contribution >= 0.6 is 0 Å². The lowest BCUT2D eigenvalue weighted by Crippen LogP contribution is -2.32. The molecule has 27 heavy (non-hydrogen) atoms. The molecule has 2 aromatic heterocycles. The van der Waals surface area contributed by atoms with Crippen LogP contribution in [0.4, 0.5) is 5.82 Å². The topological polar surface area (TPSA) is 135 Å². The molecule has 0 radical (unpaired) electrons. The standard InChI is InChI=1S/C16H23N7O.CH2O2/c1-12-6-7-14(19-11-12)17-8-4-9-18-16(24)13-5-2-3-10-23-15(13)20-21-22-23;2-1-3/h6-7,11,13H,2-5,8-10H2,1H3,(H,17,19)(H,18,24);1H,(H,2,3). The van der Waals surface area contributed by atoms with Crippen LogP contribution in [0.2, 0.25) is 0 Å². The number of aromatic nitrogens is 5. The molecule has 0 saturated carbocycles. The zero-order valence-corrected chi connectivity index (χ0v) is 15.3. The average Bonchev–Trinajstić information content (AvgIpc) is 3.02. The highest BCUT2D eigenvalue weighted by atomic mass is 16.3. The number of carboxylic acid groups (broad SMARTS) is 1. The van der Waals surface area contributed by atoms with E-state index in [9.17, 15) is 4.79 Å². The number of carbonyl (C=O) groups excluding carboxylic acids is 1. The maximum absolute atomic E-state index is 12.4. The third-order valence-corrected chi connectivity index (χ3v) is 4.17. The fourth-order valence-corrected chi connectivity index (χ4v) is 2.82. The molecule has 1 aliphatic heterocycles. The molecule has 0 spiro atoms. The maximum Gasteiger partial charge on any atom is 0.290 e. The monoisotopic (exact) mass is 375 g/mol. The quantitative estimate of drug-likeness (QED) is 0.502. The van der Waals surface area contributed by atoms with Gasteiger partial charge in [0.15, 0.2) is 5.82 Å². The number of carbonyl (C=O) groups is 2. The first-order valence-corrected chi connectivity index (χ1v) is 8.94. The first kappa shape index (κ1) is 20.3. The fraction of sp³-hybridized carbons (Fsp3) is 0.529. The van der Waals surface area contributed by atoms with Crippen molar-refractivity contribution >= 4 is 18.2 Å². The van der Waals surface area contributed by atoms with Gasteiger partial charge >= 0.3 is 0 Å². The van der Waals surface area contributed by atoms with Gasteiger partial charge in [-0.25, -0.2) is 9.67 Å². The Morgan fingerprint density at radius 1 is 1.37 bits per heavy atom. The second-order valence-corrected chi connectivity index (χ2v) is 6.21. The van der Waals surface area contributed by atoms with E-state index in [4.69, 9.17) is 9.90 Å². The van der Waals surface area contributed by atoms with Crippen molar-refractivity contribution in [2.45, 2.75) is 45.1 Å². The molecule has 1 unspecified atom stereocenters. The number of hydrogen-bond donors (Lipinski definition) is 3. The number of aryl methyl sites for hydroxylation is 2. The van der Waals surface area contributed by atoms with Crippen LogP contribution in [0.25, 0.3) is 0 Å². The highest BCUT2D eigenvalue weighted by Gasteiger charge is 2.27. The van der Waals surface area contributed by atoms with E-state index in [2.05, 4.69) is 31.1 Å². The Morgan fingerprint density at radius 3 is 2.93 bits per heavy atom. The maximum atomic E-state index is 12.4. The summed E-state index contributed by atoms with van der Waals surface area (Å²) in [4.78, 5) is 25.1. The molecule has 1 aliphatic rings. The van der Waals surface area contributed by atoms with E-state index in [1.807, 2.05) is 25.3 Å². The molecule has 0 saturated heterocycles. The summed E-state index contributed by atoms with van der Waals surface area (Å²) in [5.41, 5.74) is 1.14. The molecular formula is C17H25N7O3. The zero-order chi connectivity index (χ0) is 19.5. The van der Waals surface area contributed by atoms with Crippen LogP contribution in [0.5, 0.6) is 0 Å². The van der Waals surface area contributed by atoms with Crippen molar-refractivity contribution in [1.29, 1.82) is 0 Å². The van der Waals surface area contributed by atoms with Gasteiger partial charge < -0.3 is 15.7 Å². The summed E-state index contributed by atoms with van der Waals surface area (Å²) in [6, 6.07) is 3.98. The number of rotatable bonds is 6. The predicted molar refractivity (Wildman–Crippen MR) is 98.2 cm³/mol. The molecule has 1 atom stereocenters. The van der Waals surface area contributed by atoms with Gasteiger partial charge in [-0.05, 0) is 48.2 Å². The van der Waals surface area contributed by atoms with E-state index in [1.165, 1.54) is 0 Å². The second-order valence-electron chi connectivity index (χ2n) is 6.21. The Hall–Kier alpha value is -3.04. The highest BCUT2D eigenvalue weighted by molar-refractivity contribution is 5.82. The minimum Gasteiger partial charge on any atom is -0.483 e. The van der Waals surface area contributed by atoms with E-state index in [0.717, 1.165) is 50.2 Å². The van der Waals surface area contributed by atoms with Crippen molar-refractivity contribution in [3.63, 3.8) is 0 Å². The molecule has 0 bridgehead atoms. The summed E-state index contributed by atoms with van der Waals surface area (Å²) in [5, 5.41) is 24.8. The average molecular weight is 375 g/mol. The van der Waals surface area contributed by atoms with Gasteiger partial charge in [0.25, 0.3) is 6.47 Å². The van der Waals surface area contributed by atoms with Gasteiger partial charge in [-0.3, -0.25) is 9.59 Å². The van der Waals surface area contributed by atoms with E-state index in [-0.39, 0.29) is 18.3 Å². The summed E-state index contributed by atoms with van der Waals surface area (Å²) in [6.45, 7) is 3.93. The Balaban J connectivity index is 0.000000817. The minimum absolute atomic E-state index is 0.0152. The van der Waals surface area contributed by atoms with Gasteiger partial charge in [0, 0.05) is 25.8 Å². The second kappa shape index (κ2) is 10.8. The summed E-state index contributed by atoms with van der Waals surface area (Å²) in [7, 11) is 0. The highest BCUT2D eigenvalue weighted by Crippen LogP contribution is 2.23. The number of hydrogen-bond acceptors (Lipinski definition) is 7. The van der Waals surface area contributed by atoms with Crippen LogP contribution in [0.1, 0.15) is 43.0 Å². The number of tetrazole rings is 1. The number of fused-ring (bicyclic) bond motifs is 1. The normalized spacial score (nSPS) is 15.5. The van der Waals surface area contributed by atoms with Crippen molar-refractivity contribution < 1.29 is 14.7 Å². The minimum atomic E-state index is -0.250. The summed E-state index contributed by atoms with van der Waals surface area (Å²) in [5.74, 6) is 1.32. The number of pyridine rings is 1. The molecular weight excluding hydrogens is 350 g/mol. The van der Waals surface area contributed by atoms with Crippen LogP contribution in [0, 0.1) is 6.92 Å². The molecule has 3 heterocycles. The number of nitrogens with one attached hydrogen (secondary N) is 2. The van der Waals surface area contributed by atoms with Crippen LogP contribution in [-0.2, 0) is 16.1 Å². The molecule has 0 fully saturated rings. The Morgan fingerprint density at radius 2 is 2.19 bits per heavy atom. The molecule has 146 valence electrons. The summed E-state index contributed by atoms with van der Waals surface area (Å²) < 4.78 is 1.75.